The van der Waals surface area contributed by atoms with Crippen LogP contribution in [0.25, 0.3) is 0 Å². The van der Waals surface area contributed by atoms with Gasteiger partial charge < -0.3 is 15.5 Å². The lowest BCUT2D eigenvalue weighted by Gasteiger charge is -2.33. The predicted molar refractivity (Wildman–Crippen MR) is 76.7 cm³/mol. The van der Waals surface area contributed by atoms with Crippen LogP contribution in [0.2, 0.25) is 0 Å². The molecule has 1 aromatic carbocycles. The molecule has 1 fully saturated rings. The maximum absolute atomic E-state index is 3.47. The molecule has 0 bridgehead atoms. The molecule has 2 N–H and O–H groups in total. The number of piperazine rings is 1. The lowest BCUT2D eigenvalue weighted by molar-refractivity contribution is 0.192. The molecule has 2 rings (SSSR count). The zero-order valence-corrected chi connectivity index (χ0v) is 11.5. The van der Waals surface area contributed by atoms with E-state index in [4.69, 9.17) is 0 Å². The van der Waals surface area contributed by atoms with Crippen molar-refractivity contribution >= 4 is 0 Å². The van der Waals surface area contributed by atoms with Gasteiger partial charge in [-0.05, 0) is 18.5 Å². The van der Waals surface area contributed by atoms with Crippen LogP contribution in [0.3, 0.4) is 0 Å². The standard InChI is InChI=1S/C15H25N3/c1-13(12-18-10-8-17-9-11-18)15(16-2)14-6-4-3-5-7-14/h3-7,13,15-17H,8-12H2,1-2H3. The van der Waals surface area contributed by atoms with Gasteiger partial charge in [-0.3, -0.25) is 0 Å². The van der Waals surface area contributed by atoms with Crippen molar-refractivity contribution < 1.29 is 0 Å². The molecule has 0 radical (unpaired) electrons. The van der Waals surface area contributed by atoms with Gasteiger partial charge in [0.25, 0.3) is 0 Å². The Morgan fingerprint density at radius 2 is 1.89 bits per heavy atom. The number of nitrogens with zero attached hydrogens (tertiary/aromatic N) is 1. The molecule has 3 heteroatoms. The Morgan fingerprint density at radius 1 is 1.22 bits per heavy atom. The SMILES string of the molecule is CNC(c1ccccc1)C(C)CN1CCNCC1. The van der Waals surface area contributed by atoms with Crippen molar-refractivity contribution in [2.24, 2.45) is 5.92 Å². The highest BCUT2D eigenvalue weighted by Gasteiger charge is 2.20. The fraction of sp³-hybridized carbons (Fsp3) is 0.600. The zero-order valence-electron chi connectivity index (χ0n) is 11.5. The van der Waals surface area contributed by atoms with Crippen LogP contribution >= 0.6 is 0 Å². The van der Waals surface area contributed by atoms with Gasteiger partial charge >= 0.3 is 0 Å². The quantitative estimate of drug-likeness (QED) is 0.825. The van der Waals surface area contributed by atoms with Crippen molar-refractivity contribution in [3.63, 3.8) is 0 Å². The third-order valence-electron chi connectivity index (χ3n) is 3.79. The average Bonchev–Trinajstić information content (AvgIpc) is 2.42. The van der Waals surface area contributed by atoms with E-state index in [1.807, 2.05) is 0 Å². The molecule has 100 valence electrons. The van der Waals surface area contributed by atoms with Gasteiger partial charge in [0.2, 0.25) is 0 Å². The molecule has 0 aromatic heterocycles. The minimum atomic E-state index is 0.445. The van der Waals surface area contributed by atoms with Gasteiger partial charge in [-0.2, -0.15) is 0 Å². The number of hydrogen-bond acceptors (Lipinski definition) is 3. The van der Waals surface area contributed by atoms with Crippen molar-refractivity contribution in [1.82, 2.24) is 15.5 Å². The third kappa shape index (κ3) is 3.55. The van der Waals surface area contributed by atoms with Crippen molar-refractivity contribution in [3.05, 3.63) is 35.9 Å². The molecular weight excluding hydrogens is 222 g/mol. The Labute approximate surface area is 111 Å². The van der Waals surface area contributed by atoms with Crippen molar-refractivity contribution in [2.45, 2.75) is 13.0 Å². The summed E-state index contributed by atoms with van der Waals surface area (Å²) in [6.45, 7) is 8.12. The molecule has 1 aromatic rings. The fourth-order valence-electron chi connectivity index (χ4n) is 2.85. The van der Waals surface area contributed by atoms with E-state index >= 15 is 0 Å². The molecule has 0 spiro atoms. The summed E-state index contributed by atoms with van der Waals surface area (Å²) in [6, 6.07) is 11.2. The molecule has 3 nitrogen and oxygen atoms in total. The second-order valence-corrected chi connectivity index (χ2v) is 5.20. The van der Waals surface area contributed by atoms with Crippen LogP contribution in [0, 0.1) is 5.92 Å². The van der Waals surface area contributed by atoms with E-state index in [2.05, 4.69) is 59.8 Å². The summed E-state index contributed by atoms with van der Waals surface area (Å²) >= 11 is 0. The molecule has 0 aliphatic carbocycles. The highest BCUT2D eigenvalue weighted by atomic mass is 15.2. The van der Waals surface area contributed by atoms with Gasteiger partial charge in [0.1, 0.15) is 0 Å². The van der Waals surface area contributed by atoms with Crippen LogP contribution in [0.1, 0.15) is 18.5 Å². The van der Waals surface area contributed by atoms with E-state index in [1.54, 1.807) is 0 Å². The first kappa shape index (κ1) is 13.5. The van der Waals surface area contributed by atoms with E-state index in [0.29, 0.717) is 12.0 Å². The van der Waals surface area contributed by atoms with Crippen LogP contribution in [-0.2, 0) is 0 Å². The van der Waals surface area contributed by atoms with Gasteiger partial charge in [0.15, 0.2) is 0 Å². The first-order chi connectivity index (χ1) is 8.81. The largest absolute Gasteiger partial charge is 0.314 e. The summed E-state index contributed by atoms with van der Waals surface area (Å²) in [7, 11) is 2.06. The van der Waals surface area contributed by atoms with Gasteiger partial charge in [0.05, 0.1) is 0 Å². The topological polar surface area (TPSA) is 27.3 Å². The minimum Gasteiger partial charge on any atom is -0.314 e. The Morgan fingerprint density at radius 3 is 2.50 bits per heavy atom. The molecule has 1 aliphatic rings. The molecule has 2 atom stereocenters. The Bertz CT molecular complexity index is 333. The predicted octanol–water partition coefficient (Wildman–Crippen LogP) is 1.49. The number of benzene rings is 1. The van der Waals surface area contributed by atoms with Crippen molar-refractivity contribution in [1.29, 1.82) is 0 Å². The van der Waals surface area contributed by atoms with Gasteiger partial charge in [-0.15, -0.1) is 0 Å². The second kappa shape index (κ2) is 6.88. The molecule has 1 aliphatic heterocycles. The first-order valence-electron chi connectivity index (χ1n) is 6.96. The Kier molecular flexibility index (Phi) is 5.17. The molecule has 0 amide bonds. The van der Waals surface area contributed by atoms with E-state index in [0.717, 1.165) is 13.1 Å². The molecule has 0 saturated carbocycles. The molecule has 1 saturated heterocycles. The van der Waals surface area contributed by atoms with Crippen LogP contribution in [0.15, 0.2) is 30.3 Å². The smallest absolute Gasteiger partial charge is 0.0355 e. The summed E-state index contributed by atoms with van der Waals surface area (Å²) in [5.74, 6) is 0.621. The summed E-state index contributed by atoms with van der Waals surface area (Å²) in [4.78, 5) is 2.56. The van der Waals surface area contributed by atoms with E-state index in [9.17, 15) is 0 Å². The van der Waals surface area contributed by atoms with E-state index in [-0.39, 0.29) is 0 Å². The molecule has 18 heavy (non-hydrogen) atoms. The summed E-state index contributed by atoms with van der Waals surface area (Å²) in [5, 5.41) is 6.87. The first-order valence-corrected chi connectivity index (χ1v) is 6.96. The highest BCUT2D eigenvalue weighted by molar-refractivity contribution is 5.19. The average molecular weight is 247 g/mol. The highest BCUT2D eigenvalue weighted by Crippen LogP contribution is 2.22. The second-order valence-electron chi connectivity index (χ2n) is 5.20. The molecule has 2 unspecified atom stereocenters. The van der Waals surface area contributed by atoms with Crippen LogP contribution in [0.4, 0.5) is 0 Å². The Balaban J connectivity index is 1.94. The van der Waals surface area contributed by atoms with Crippen molar-refractivity contribution in [2.75, 3.05) is 39.8 Å². The fourth-order valence-corrected chi connectivity index (χ4v) is 2.85. The Hall–Kier alpha value is -0.900. The van der Waals surface area contributed by atoms with Crippen LogP contribution < -0.4 is 10.6 Å². The lowest BCUT2D eigenvalue weighted by Crippen LogP contribution is -2.46. The maximum atomic E-state index is 3.47. The van der Waals surface area contributed by atoms with Gasteiger partial charge in [-0.1, -0.05) is 37.3 Å². The van der Waals surface area contributed by atoms with E-state index < -0.39 is 0 Å². The maximum Gasteiger partial charge on any atom is 0.0355 e. The van der Waals surface area contributed by atoms with E-state index in [1.165, 1.54) is 25.2 Å². The minimum absolute atomic E-state index is 0.445. The van der Waals surface area contributed by atoms with Gasteiger partial charge in [0, 0.05) is 38.8 Å². The summed E-state index contributed by atoms with van der Waals surface area (Å²) in [5.41, 5.74) is 1.39. The third-order valence-corrected chi connectivity index (χ3v) is 3.79. The van der Waals surface area contributed by atoms with Crippen LogP contribution in [-0.4, -0.2) is 44.7 Å². The monoisotopic (exact) mass is 247 g/mol. The van der Waals surface area contributed by atoms with Crippen molar-refractivity contribution in [3.8, 4) is 0 Å². The number of hydrogen-bond donors (Lipinski definition) is 2. The number of nitrogens with one attached hydrogen (secondary N) is 2. The number of rotatable bonds is 5. The normalized spacial score (nSPS) is 20.6. The molecular formula is C15H25N3. The van der Waals surface area contributed by atoms with Crippen LogP contribution in [0.5, 0.6) is 0 Å². The lowest BCUT2D eigenvalue weighted by atomic mass is 9.94. The van der Waals surface area contributed by atoms with Gasteiger partial charge in [-0.25, -0.2) is 0 Å². The molecule has 1 heterocycles. The summed E-state index contributed by atoms with van der Waals surface area (Å²) in [6.07, 6.45) is 0. The summed E-state index contributed by atoms with van der Waals surface area (Å²) < 4.78 is 0. The zero-order chi connectivity index (χ0) is 12.8.